The second kappa shape index (κ2) is 3.39. The minimum Gasteiger partial charge on any atom is -0.358 e. The number of rotatable bonds is 2. The number of anilines is 1. The molecule has 0 atom stereocenters. The number of aromatic nitrogens is 1. The quantitative estimate of drug-likeness (QED) is 0.687. The third kappa shape index (κ3) is 2.60. The number of allylic oxidation sites excluding steroid dienone is 1. The molecule has 0 spiro atoms. The van der Waals surface area contributed by atoms with Crippen LogP contribution in [-0.4, -0.2) is 4.98 Å². The molecule has 0 aliphatic heterocycles. The van der Waals surface area contributed by atoms with E-state index in [0.29, 0.717) is 5.15 Å². The second-order valence-corrected chi connectivity index (χ2v) is 2.66. The standard InChI is InChI=1S/C8H9ClN2/c1-6(2)11-7-3-4-8(9)10-5-7/h3-5,11H,1H2,2H3. The van der Waals surface area contributed by atoms with Crippen LogP contribution in [0.3, 0.4) is 0 Å². The molecule has 0 aromatic carbocycles. The molecule has 1 N–H and O–H groups in total. The minimum atomic E-state index is 0.497. The van der Waals surface area contributed by atoms with Gasteiger partial charge in [-0.3, -0.25) is 0 Å². The summed E-state index contributed by atoms with van der Waals surface area (Å²) >= 11 is 5.59. The van der Waals surface area contributed by atoms with Gasteiger partial charge in [-0.15, -0.1) is 0 Å². The summed E-state index contributed by atoms with van der Waals surface area (Å²) in [5.74, 6) is 0. The summed E-state index contributed by atoms with van der Waals surface area (Å²) in [6.07, 6.45) is 1.66. The maximum Gasteiger partial charge on any atom is 0.129 e. The molecule has 0 unspecified atom stereocenters. The highest BCUT2D eigenvalue weighted by molar-refractivity contribution is 6.29. The number of nitrogens with one attached hydrogen (secondary N) is 1. The van der Waals surface area contributed by atoms with Gasteiger partial charge >= 0.3 is 0 Å². The van der Waals surface area contributed by atoms with Crippen LogP contribution in [0.2, 0.25) is 5.15 Å². The van der Waals surface area contributed by atoms with E-state index in [1.165, 1.54) is 0 Å². The molecule has 0 radical (unpaired) electrons. The Bertz CT molecular complexity index is 253. The van der Waals surface area contributed by atoms with Crippen LogP contribution in [0.5, 0.6) is 0 Å². The summed E-state index contributed by atoms with van der Waals surface area (Å²) in [6.45, 7) is 5.58. The number of pyridine rings is 1. The van der Waals surface area contributed by atoms with E-state index in [1.807, 2.05) is 13.0 Å². The molecular formula is C8H9ClN2. The largest absolute Gasteiger partial charge is 0.358 e. The van der Waals surface area contributed by atoms with Crippen LogP contribution in [0.25, 0.3) is 0 Å². The summed E-state index contributed by atoms with van der Waals surface area (Å²) in [4.78, 5) is 3.89. The van der Waals surface area contributed by atoms with Gasteiger partial charge in [-0.25, -0.2) is 4.98 Å². The van der Waals surface area contributed by atoms with Crippen LogP contribution in [-0.2, 0) is 0 Å². The maximum absolute atomic E-state index is 5.59. The van der Waals surface area contributed by atoms with E-state index in [1.54, 1.807) is 12.3 Å². The highest BCUT2D eigenvalue weighted by atomic mass is 35.5. The molecule has 1 rings (SSSR count). The van der Waals surface area contributed by atoms with E-state index in [9.17, 15) is 0 Å². The molecule has 2 nitrogen and oxygen atoms in total. The molecule has 1 aromatic heterocycles. The van der Waals surface area contributed by atoms with E-state index in [-0.39, 0.29) is 0 Å². The van der Waals surface area contributed by atoms with Gasteiger partial charge in [0.05, 0.1) is 11.9 Å². The maximum atomic E-state index is 5.59. The smallest absolute Gasteiger partial charge is 0.129 e. The van der Waals surface area contributed by atoms with E-state index in [4.69, 9.17) is 11.6 Å². The highest BCUT2D eigenvalue weighted by Gasteiger charge is 1.91. The molecule has 58 valence electrons. The van der Waals surface area contributed by atoms with Crippen molar-refractivity contribution in [3.63, 3.8) is 0 Å². The predicted octanol–water partition coefficient (Wildman–Crippen LogP) is 2.68. The molecule has 3 heteroatoms. The number of halogens is 1. The van der Waals surface area contributed by atoms with E-state index >= 15 is 0 Å². The van der Waals surface area contributed by atoms with Crippen LogP contribution in [0.1, 0.15) is 6.92 Å². The van der Waals surface area contributed by atoms with Crippen LogP contribution < -0.4 is 5.32 Å². The summed E-state index contributed by atoms with van der Waals surface area (Å²) in [6, 6.07) is 3.58. The third-order valence-corrected chi connectivity index (χ3v) is 1.31. The van der Waals surface area contributed by atoms with Crippen molar-refractivity contribution in [3.8, 4) is 0 Å². The van der Waals surface area contributed by atoms with Crippen molar-refractivity contribution < 1.29 is 0 Å². The van der Waals surface area contributed by atoms with Gasteiger partial charge in [-0.05, 0) is 19.1 Å². The molecule has 0 aliphatic carbocycles. The monoisotopic (exact) mass is 168 g/mol. The normalized spacial score (nSPS) is 9.27. The van der Waals surface area contributed by atoms with Crippen molar-refractivity contribution in [1.82, 2.24) is 4.98 Å². The van der Waals surface area contributed by atoms with E-state index in [0.717, 1.165) is 11.4 Å². The number of hydrogen-bond donors (Lipinski definition) is 1. The Morgan fingerprint density at radius 3 is 2.82 bits per heavy atom. The molecular weight excluding hydrogens is 160 g/mol. The molecule has 0 aliphatic rings. The summed E-state index contributed by atoms with van der Waals surface area (Å²) in [5, 5.41) is 3.51. The molecule has 1 aromatic rings. The highest BCUT2D eigenvalue weighted by Crippen LogP contribution is 2.10. The van der Waals surface area contributed by atoms with Crippen molar-refractivity contribution in [2.45, 2.75) is 6.92 Å². The lowest BCUT2D eigenvalue weighted by molar-refractivity contribution is 1.30. The van der Waals surface area contributed by atoms with Crippen LogP contribution in [0.15, 0.2) is 30.6 Å². The lowest BCUT2D eigenvalue weighted by Gasteiger charge is -2.02. The van der Waals surface area contributed by atoms with Crippen molar-refractivity contribution in [2.24, 2.45) is 0 Å². The Balaban J connectivity index is 2.74. The number of nitrogens with zero attached hydrogens (tertiary/aromatic N) is 1. The van der Waals surface area contributed by atoms with Gasteiger partial charge in [0.1, 0.15) is 5.15 Å². The first-order valence-electron chi connectivity index (χ1n) is 3.22. The first kappa shape index (κ1) is 8.08. The van der Waals surface area contributed by atoms with Crippen LogP contribution in [0, 0.1) is 0 Å². The molecule has 0 fully saturated rings. The summed E-state index contributed by atoms with van der Waals surface area (Å²) in [7, 11) is 0. The van der Waals surface area contributed by atoms with Crippen LogP contribution >= 0.6 is 11.6 Å². The van der Waals surface area contributed by atoms with Crippen LogP contribution in [0.4, 0.5) is 5.69 Å². The predicted molar refractivity (Wildman–Crippen MR) is 47.7 cm³/mol. The number of hydrogen-bond acceptors (Lipinski definition) is 2. The lowest BCUT2D eigenvalue weighted by Crippen LogP contribution is -1.93. The first-order chi connectivity index (χ1) is 5.18. The Hall–Kier alpha value is -1.02. The Morgan fingerprint density at radius 2 is 2.36 bits per heavy atom. The van der Waals surface area contributed by atoms with Crippen molar-refractivity contribution in [3.05, 3.63) is 35.8 Å². The minimum absolute atomic E-state index is 0.497. The fourth-order valence-corrected chi connectivity index (χ4v) is 0.808. The Kier molecular flexibility index (Phi) is 2.49. The first-order valence-corrected chi connectivity index (χ1v) is 3.60. The van der Waals surface area contributed by atoms with Gasteiger partial charge in [-0.2, -0.15) is 0 Å². The van der Waals surface area contributed by atoms with E-state index in [2.05, 4.69) is 16.9 Å². The van der Waals surface area contributed by atoms with Gasteiger partial charge in [0.2, 0.25) is 0 Å². The van der Waals surface area contributed by atoms with Crippen molar-refractivity contribution in [2.75, 3.05) is 5.32 Å². The zero-order valence-electron chi connectivity index (χ0n) is 6.26. The molecule has 0 bridgehead atoms. The Morgan fingerprint density at radius 1 is 1.64 bits per heavy atom. The van der Waals surface area contributed by atoms with Gasteiger partial charge < -0.3 is 5.32 Å². The SMILES string of the molecule is C=C(C)Nc1ccc(Cl)nc1. The average molecular weight is 169 g/mol. The van der Waals surface area contributed by atoms with Crippen molar-refractivity contribution in [1.29, 1.82) is 0 Å². The van der Waals surface area contributed by atoms with E-state index < -0.39 is 0 Å². The van der Waals surface area contributed by atoms with Gasteiger partial charge in [0.15, 0.2) is 0 Å². The van der Waals surface area contributed by atoms with Gasteiger partial charge in [0, 0.05) is 5.70 Å². The molecule has 1 heterocycles. The molecule has 0 saturated carbocycles. The molecule has 0 saturated heterocycles. The summed E-state index contributed by atoms with van der Waals surface area (Å²) in [5.41, 5.74) is 1.79. The third-order valence-electron chi connectivity index (χ3n) is 1.09. The second-order valence-electron chi connectivity index (χ2n) is 2.27. The Labute approximate surface area is 70.9 Å². The molecule has 11 heavy (non-hydrogen) atoms. The van der Waals surface area contributed by atoms with Gasteiger partial charge in [-0.1, -0.05) is 18.2 Å². The lowest BCUT2D eigenvalue weighted by atomic mass is 10.4. The molecule has 0 amide bonds. The summed E-state index contributed by atoms with van der Waals surface area (Å²) < 4.78 is 0. The van der Waals surface area contributed by atoms with Crippen molar-refractivity contribution >= 4 is 17.3 Å². The fourth-order valence-electron chi connectivity index (χ4n) is 0.696. The average Bonchev–Trinajstić information content (AvgIpc) is 1.93. The zero-order chi connectivity index (χ0) is 8.27. The zero-order valence-corrected chi connectivity index (χ0v) is 7.02. The fraction of sp³-hybridized carbons (Fsp3) is 0.125. The topological polar surface area (TPSA) is 24.9 Å². The van der Waals surface area contributed by atoms with Gasteiger partial charge in [0.25, 0.3) is 0 Å².